The Morgan fingerprint density at radius 2 is 1.85 bits per heavy atom. The SMILES string of the molecule is CNC(=O)CN1CCC(NC(=O)CCC(C)(C)N)CC1. The van der Waals surface area contributed by atoms with Gasteiger partial charge in [0.15, 0.2) is 0 Å². The number of hydrogen-bond donors (Lipinski definition) is 3. The second-order valence-electron chi connectivity index (χ2n) is 6.28. The van der Waals surface area contributed by atoms with Gasteiger partial charge in [-0.1, -0.05) is 0 Å². The molecule has 1 aliphatic heterocycles. The summed E-state index contributed by atoms with van der Waals surface area (Å²) in [5, 5.41) is 5.68. The lowest BCUT2D eigenvalue weighted by Gasteiger charge is -2.32. The van der Waals surface area contributed by atoms with Crippen molar-refractivity contribution in [3.63, 3.8) is 0 Å². The van der Waals surface area contributed by atoms with E-state index in [0.29, 0.717) is 19.4 Å². The summed E-state index contributed by atoms with van der Waals surface area (Å²) in [6, 6.07) is 0.226. The first-order valence-electron chi connectivity index (χ1n) is 7.31. The highest BCUT2D eigenvalue weighted by atomic mass is 16.2. The standard InChI is InChI=1S/C14H28N4O2/c1-14(2,15)7-4-12(19)17-11-5-8-18(9-6-11)10-13(20)16-3/h11H,4-10,15H2,1-3H3,(H,16,20)(H,17,19). The van der Waals surface area contributed by atoms with E-state index in [0.717, 1.165) is 25.9 Å². The van der Waals surface area contributed by atoms with Crippen LogP contribution in [0.25, 0.3) is 0 Å². The molecule has 1 saturated heterocycles. The number of nitrogens with one attached hydrogen (secondary N) is 2. The van der Waals surface area contributed by atoms with Crippen molar-refractivity contribution >= 4 is 11.8 Å². The molecular weight excluding hydrogens is 256 g/mol. The van der Waals surface area contributed by atoms with E-state index in [-0.39, 0.29) is 23.4 Å². The monoisotopic (exact) mass is 284 g/mol. The second-order valence-corrected chi connectivity index (χ2v) is 6.28. The normalized spacial score (nSPS) is 17.8. The van der Waals surface area contributed by atoms with Crippen molar-refractivity contribution in [1.29, 1.82) is 0 Å². The second kappa shape index (κ2) is 7.59. The maximum Gasteiger partial charge on any atom is 0.233 e. The summed E-state index contributed by atoms with van der Waals surface area (Å²) in [5.74, 6) is 0.117. The first kappa shape index (κ1) is 16.9. The molecule has 0 bridgehead atoms. The fraction of sp³-hybridized carbons (Fsp3) is 0.857. The van der Waals surface area contributed by atoms with Crippen LogP contribution in [0.15, 0.2) is 0 Å². The van der Waals surface area contributed by atoms with Crippen LogP contribution >= 0.6 is 0 Å². The molecule has 1 rings (SSSR count). The van der Waals surface area contributed by atoms with Crippen molar-refractivity contribution in [2.45, 2.75) is 51.1 Å². The molecule has 4 N–H and O–H groups in total. The Bertz CT molecular complexity index is 331. The van der Waals surface area contributed by atoms with E-state index in [2.05, 4.69) is 15.5 Å². The summed E-state index contributed by atoms with van der Waals surface area (Å²) in [7, 11) is 1.65. The summed E-state index contributed by atoms with van der Waals surface area (Å²) >= 11 is 0. The van der Waals surface area contributed by atoms with Gasteiger partial charge >= 0.3 is 0 Å². The first-order chi connectivity index (χ1) is 9.30. The summed E-state index contributed by atoms with van der Waals surface area (Å²) in [6.45, 7) is 6.00. The van der Waals surface area contributed by atoms with Gasteiger partial charge in [0.25, 0.3) is 0 Å². The number of likely N-dealkylation sites (N-methyl/N-ethyl adjacent to an activating group) is 1. The topological polar surface area (TPSA) is 87.5 Å². The average Bonchev–Trinajstić information content (AvgIpc) is 2.38. The number of amides is 2. The molecule has 20 heavy (non-hydrogen) atoms. The van der Waals surface area contributed by atoms with Gasteiger partial charge in [-0.05, 0) is 33.1 Å². The lowest BCUT2D eigenvalue weighted by atomic mass is 9.99. The smallest absolute Gasteiger partial charge is 0.233 e. The third-order valence-electron chi connectivity index (χ3n) is 3.60. The minimum absolute atomic E-state index is 0.0395. The van der Waals surface area contributed by atoms with Crippen molar-refractivity contribution in [1.82, 2.24) is 15.5 Å². The summed E-state index contributed by atoms with van der Waals surface area (Å²) in [5.41, 5.74) is 5.57. The average molecular weight is 284 g/mol. The molecule has 1 aliphatic rings. The summed E-state index contributed by atoms with van der Waals surface area (Å²) in [4.78, 5) is 25.2. The number of carbonyl (C=O) groups excluding carboxylic acids is 2. The largest absolute Gasteiger partial charge is 0.358 e. The minimum Gasteiger partial charge on any atom is -0.358 e. The molecule has 6 heteroatoms. The summed E-state index contributed by atoms with van der Waals surface area (Å²) in [6.07, 6.45) is 2.96. The number of carbonyl (C=O) groups is 2. The molecule has 116 valence electrons. The van der Waals surface area contributed by atoms with Crippen LogP contribution in [-0.2, 0) is 9.59 Å². The molecule has 1 fully saturated rings. The van der Waals surface area contributed by atoms with Crippen LogP contribution in [0.5, 0.6) is 0 Å². The molecule has 0 aromatic carbocycles. The number of piperidine rings is 1. The number of hydrogen-bond acceptors (Lipinski definition) is 4. The quantitative estimate of drug-likeness (QED) is 0.632. The van der Waals surface area contributed by atoms with Crippen molar-refractivity contribution in [2.24, 2.45) is 5.73 Å². The predicted octanol–water partition coefficient (Wildman–Crippen LogP) is -0.169. The summed E-state index contributed by atoms with van der Waals surface area (Å²) < 4.78 is 0. The molecule has 0 aliphatic carbocycles. The van der Waals surface area contributed by atoms with Gasteiger partial charge in [0, 0.05) is 38.1 Å². The highest BCUT2D eigenvalue weighted by Gasteiger charge is 2.22. The van der Waals surface area contributed by atoms with Crippen molar-refractivity contribution in [3.05, 3.63) is 0 Å². The zero-order valence-electron chi connectivity index (χ0n) is 12.9. The zero-order chi connectivity index (χ0) is 15.2. The van der Waals surface area contributed by atoms with E-state index in [9.17, 15) is 9.59 Å². The molecule has 6 nitrogen and oxygen atoms in total. The van der Waals surface area contributed by atoms with Crippen molar-refractivity contribution < 1.29 is 9.59 Å². The van der Waals surface area contributed by atoms with Gasteiger partial charge in [-0.2, -0.15) is 0 Å². The van der Waals surface area contributed by atoms with Gasteiger partial charge in [-0.15, -0.1) is 0 Å². The zero-order valence-corrected chi connectivity index (χ0v) is 12.9. The Morgan fingerprint density at radius 3 is 2.35 bits per heavy atom. The van der Waals surface area contributed by atoms with Crippen LogP contribution in [0.2, 0.25) is 0 Å². The van der Waals surface area contributed by atoms with Crippen LogP contribution in [-0.4, -0.2) is 55.0 Å². The molecular formula is C14H28N4O2. The molecule has 0 saturated carbocycles. The molecule has 0 unspecified atom stereocenters. The third-order valence-corrected chi connectivity index (χ3v) is 3.60. The Hall–Kier alpha value is -1.14. The maximum atomic E-state index is 11.8. The van der Waals surface area contributed by atoms with Crippen molar-refractivity contribution in [2.75, 3.05) is 26.7 Å². The van der Waals surface area contributed by atoms with E-state index >= 15 is 0 Å². The molecule has 1 heterocycles. The van der Waals surface area contributed by atoms with Gasteiger partial charge in [0.2, 0.25) is 11.8 Å². The number of likely N-dealkylation sites (tertiary alicyclic amines) is 1. The highest BCUT2D eigenvalue weighted by molar-refractivity contribution is 5.77. The third kappa shape index (κ3) is 6.86. The Balaban J connectivity index is 2.22. The van der Waals surface area contributed by atoms with Gasteiger partial charge in [-0.3, -0.25) is 14.5 Å². The van der Waals surface area contributed by atoms with E-state index in [4.69, 9.17) is 5.73 Å². The Labute approximate surface area is 121 Å². The molecule has 0 spiro atoms. The molecule has 0 aromatic heterocycles. The van der Waals surface area contributed by atoms with Crippen LogP contribution in [0, 0.1) is 0 Å². The van der Waals surface area contributed by atoms with E-state index in [1.54, 1.807) is 7.05 Å². The van der Waals surface area contributed by atoms with E-state index < -0.39 is 0 Å². The van der Waals surface area contributed by atoms with Crippen molar-refractivity contribution in [3.8, 4) is 0 Å². The van der Waals surface area contributed by atoms with Crippen LogP contribution < -0.4 is 16.4 Å². The van der Waals surface area contributed by atoms with Gasteiger partial charge in [-0.25, -0.2) is 0 Å². The lowest BCUT2D eigenvalue weighted by Crippen LogP contribution is -2.47. The van der Waals surface area contributed by atoms with Gasteiger partial charge in [0.05, 0.1) is 6.54 Å². The molecule has 0 atom stereocenters. The van der Waals surface area contributed by atoms with Crippen LogP contribution in [0.1, 0.15) is 39.5 Å². The first-order valence-corrected chi connectivity index (χ1v) is 7.31. The van der Waals surface area contributed by atoms with E-state index in [1.807, 2.05) is 13.8 Å². The molecule has 0 radical (unpaired) electrons. The number of rotatable bonds is 6. The van der Waals surface area contributed by atoms with E-state index in [1.165, 1.54) is 0 Å². The van der Waals surface area contributed by atoms with Gasteiger partial charge < -0.3 is 16.4 Å². The van der Waals surface area contributed by atoms with Crippen LogP contribution in [0.4, 0.5) is 0 Å². The van der Waals surface area contributed by atoms with Gasteiger partial charge in [0.1, 0.15) is 0 Å². The fourth-order valence-electron chi connectivity index (χ4n) is 2.25. The molecule has 2 amide bonds. The fourth-order valence-corrected chi connectivity index (χ4v) is 2.25. The molecule has 0 aromatic rings. The number of nitrogens with two attached hydrogens (primary N) is 1. The Morgan fingerprint density at radius 1 is 1.25 bits per heavy atom. The number of nitrogens with zero attached hydrogens (tertiary/aromatic N) is 1. The minimum atomic E-state index is -0.297. The predicted molar refractivity (Wildman–Crippen MR) is 79.2 cm³/mol. The Kier molecular flexibility index (Phi) is 6.42. The highest BCUT2D eigenvalue weighted by Crippen LogP contribution is 2.11. The van der Waals surface area contributed by atoms with Crippen LogP contribution in [0.3, 0.4) is 0 Å². The maximum absolute atomic E-state index is 11.8. The lowest BCUT2D eigenvalue weighted by molar-refractivity contribution is -0.124.